The molecule has 0 saturated carbocycles. The Kier molecular flexibility index (Phi) is 26.2. The summed E-state index contributed by atoms with van der Waals surface area (Å²) in [5, 5.41) is 17.4. The van der Waals surface area contributed by atoms with Crippen molar-refractivity contribution in [1.29, 1.82) is 0 Å². The number of aliphatic carboxylic acids is 1. The number of hydrogen-bond acceptors (Lipinski definition) is 6. The van der Waals surface area contributed by atoms with Gasteiger partial charge in [0, 0.05) is 25.9 Å². The number of aliphatic hydroxyl groups is 1. The van der Waals surface area contributed by atoms with Crippen LogP contribution in [-0.4, -0.2) is 47.4 Å². The van der Waals surface area contributed by atoms with Crippen molar-refractivity contribution >= 4 is 17.9 Å². The van der Waals surface area contributed by atoms with Crippen LogP contribution in [0.5, 0.6) is 0 Å². The van der Waals surface area contributed by atoms with E-state index in [-0.39, 0.29) is 24.5 Å². The second-order valence-corrected chi connectivity index (χ2v) is 10.4. The number of unbranched alkanes of at least 4 members (excludes halogenated alkanes) is 16. The molecule has 0 aromatic rings. The lowest BCUT2D eigenvalue weighted by Crippen LogP contribution is -2.15. The van der Waals surface area contributed by atoms with Crippen LogP contribution in [0.15, 0.2) is 0 Å². The van der Waals surface area contributed by atoms with Crippen LogP contribution in [0.3, 0.4) is 0 Å². The molecule has 1 unspecified atom stereocenters. The molecule has 0 aliphatic carbocycles. The van der Waals surface area contributed by atoms with Crippen LogP contribution >= 0.6 is 0 Å². The quantitative estimate of drug-likeness (QED) is 0.0798. The molecule has 1 atom stereocenters. The molecule has 0 aromatic carbocycles. The fourth-order valence-corrected chi connectivity index (χ4v) is 4.37. The Morgan fingerprint density at radius 2 is 1.00 bits per heavy atom. The number of hydrogen-bond donors (Lipinski definition) is 2. The molecule has 2 N–H and O–H groups in total. The van der Waals surface area contributed by atoms with Crippen LogP contribution in [0.1, 0.15) is 155 Å². The van der Waals surface area contributed by atoms with Gasteiger partial charge in [0.1, 0.15) is 0 Å². The van der Waals surface area contributed by atoms with E-state index in [1.165, 1.54) is 57.8 Å². The van der Waals surface area contributed by atoms with Gasteiger partial charge in [-0.25, -0.2) is 0 Å². The van der Waals surface area contributed by atoms with Crippen LogP contribution in [0.4, 0.5) is 0 Å². The van der Waals surface area contributed by atoms with Gasteiger partial charge in [0.2, 0.25) is 0 Å². The normalized spacial score (nSPS) is 11.8. The van der Waals surface area contributed by atoms with E-state index in [0.717, 1.165) is 57.8 Å². The second-order valence-electron chi connectivity index (χ2n) is 10.4. The van der Waals surface area contributed by atoms with Crippen molar-refractivity contribution in [3.05, 3.63) is 0 Å². The summed E-state index contributed by atoms with van der Waals surface area (Å²) in [6.07, 6.45) is 22.2. The van der Waals surface area contributed by atoms with Gasteiger partial charge >= 0.3 is 17.9 Å². The first kappa shape index (κ1) is 35.4. The van der Waals surface area contributed by atoms with E-state index in [9.17, 15) is 14.4 Å². The molecule has 0 fully saturated rings. The molecule has 0 radical (unpaired) electrons. The smallest absolute Gasteiger partial charge is 0.306 e. The summed E-state index contributed by atoms with van der Waals surface area (Å²) in [5.41, 5.74) is 0. The first-order valence-corrected chi connectivity index (χ1v) is 15.1. The Labute approximate surface area is 226 Å². The molecule has 37 heavy (non-hydrogen) atoms. The lowest BCUT2D eigenvalue weighted by molar-refractivity contribution is -0.149. The minimum absolute atomic E-state index is 0.0841. The van der Waals surface area contributed by atoms with Crippen LogP contribution in [0.2, 0.25) is 0 Å². The monoisotopic (exact) mass is 528 g/mol. The Balaban J connectivity index is 3.32. The van der Waals surface area contributed by atoms with Crippen LogP contribution in [-0.2, 0) is 23.9 Å². The largest absolute Gasteiger partial charge is 0.481 e. The highest BCUT2D eigenvalue weighted by molar-refractivity contribution is 5.69. The van der Waals surface area contributed by atoms with Crippen molar-refractivity contribution in [2.24, 2.45) is 0 Å². The van der Waals surface area contributed by atoms with Gasteiger partial charge in [0.15, 0.2) is 0 Å². The molecule has 7 heteroatoms. The SMILES string of the molecule is CC(CCCC(=O)O)OC(=O)CCCCCCCOC(=O)CCCCCCCCCCCCCCCO. The van der Waals surface area contributed by atoms with Crippen LogP contribution in [0.25, 0.3) is 0 Å². The van der Waals surface area contributed by atoms with E-state index in [1.54, 1.807) is 6.92 Å². The summed E-state index contributed by atoms with van der Waals surface area (Å²) >= 11 is 0. The number of rotatable bonds is 28. The average Bonchev–Trinajstić information content (AvgIpc) is 2.85. The Morgan fingerprint density at radius 3 is 1.49 bits per heavy atom. The molecule has 0 aromatic heterocycles. The number of carbonyl (C=O) groups is 3. The zero-order valence-corrected chi connectivity index (χ0v) is 23.7. The second kappa shape index (κ2) is 27.4. The number of carboxylic acids is 1. The lowest BCUT2D eigenvalue weighted by Gasteiger charge is -2.12. The van der Waals surface area contributed by atoms with Gasteiger partial charge in [-0.1, -0.05) is 89.9 Å². The Hall–Kier alpha value is -1.63. The minimum atomic E-state index is -0.825. The number of carboxylic acid groups (broad SMARTS) is 1. The number of aliphatic hydroxyl groups excluding tert-OH is 1. The van der Waals surface area contributed by atoms with Crippen molar-refractivity contribution in [3.63, 3.8) is 0 Å². The molecule has 7 nitrogen and oxygen atoms in total. The van der Waals surface area contributed by atoms with E-state index < -0.39 is 5.97 Å². The summed E-state index contributed by atoms with van der Waals surface area (Å²) in [6.45, 7) is 2.61. The summed E-state index contributed by atoms with van der Waals surface area (Å²) < 4.78 is 10.6. The first-order chi connectivity index (χ1) is 18.0. The molecule has 218 valence electrons. The van der Waals surface area contributed by atoms with E-state index in [4.69, 9.17) is 19.7 Å². The van der Waals surface area contributed by atoms with Gasteiger partial charge in [0.25, 0.3) is 0 Å². The van der Waals surface area contributed by atoms with Gasteiger partial charge in [-0.2, -0.15) is 0 Å². The molecule has 0 bridgehead atoms. The number of esters is 2. The minimum Gasteiger partial charge on any atom is -0.481 e. The molecular formula is C30H56O7. The highest BCUT2D eigenvalue weighted by Crippen LogP contribution is 2.14. The summed E-state index contributed by atoms with van der Waals surface area (Å²) in [4.78, 5) is 34.1. The summed E-state index contributed by atoms with van der Waals surface area (Å²) in [6, 6.07) is 0. The average molecular weight is 529 g/mol. The van der Waals surface area contributed by atoms with Gasteiger partial charge in [-0.15, -0.1) is 0 Å². The maximum atomic E-state index is 11.8. The van der Waals surface area contributed by atoms with Crippen molar-refractivity contribution in [2.75, 3.05) is 13.2 Å². The predicted octanol–water partition coefficient (Wildman–Crippen LogP) is 7.51. The van der Waals surface area contributed by atoms with Gasteiger partial charge in [-0.3, -0.25) is 14.4 Å². The van der Waals surface area contributed by atoms with Gasteiger partial charge < -0.3 is 19.7 Å². The van der Waals surface area contributed by atoms with E-state index in [2.05, 4.69) is 0 Å². The summed E-state index contributed by atoms with van der Waals surface area (Å²) in [5.74, 6) is -1.12. The topological polar surface area (TPSA) is 110 Å². The molecule has 0 rings (SSSR count). The van der Waals surface area contributed by atoms with E-state index in [0.29, 0.717) is 38.9 Å². The van der Waals surface area contributed by atoms with Crippen molar-refractivity contribution in [1.82, 2.24) is 0 Å². The highest BCUT2D eigenvalue weighted by atomic mass is 16.5. The number of ether oxygens (including phenoxy) is 2. The third-order valence-corrected chi connectivity index (χ3v) is 6.66. The highest BCUT2D eigenvalue weighted by Gasteiger charge is 2.10. The first-order valence-electron chi connectivity index (χ1n) is 15.1. The maximum absolute atomic E-state index is 11.8. The molecule has 0 aliphatic heterocycles. The standard InChI is InChI=1S/C30H56O7/c1-27(21-20-22-28(32)33)37-30(35)24-17-13-11-15-19-26-36-29(34)23-16-12-9-7-5-3-2-4-6-8-10-14-18-25-31/h27,31H,2-26H2,1H3,(H,32,33). The van der Waals surface area contributed by atoms with E-state index in [1.807, 2.05) is 0 Å². The molecule has 0 saturated heterocycles. The number of carbonyl (C=O) groups excluding carboxylic acids is 2. The predicted molar refractivity (Wildman–Crippen MR) is 147 cm³/mol. The zero-order chi connectivity index (χ0) is 27.4. The van der Waals surface area contributed by atoms with Crippen molar-refractivity contribution < 1.29 is 34.1 Å². The zero-order valence-electron chi connectivity index (χ0n) is 23.7. The van der Waals surface area contributed by atoms with Gasteiger partial charge in [-0.05, 0) is 45.4 Å². The fourth-order valence-electron chi connectivity index (χ4n) is 4.37. The Morgan fingerprint density at radius 1 is 0.568 bits per heavy atom. The molecule has 0 aliphatic rings. The van der Waals surface area contributed by atoms with Gasteiger partial charge in [0.05, 0.1) is 12.7 Å². The Bertz CT molecular complexity index is 550. The van der Waals surface area contributed by atoms with Crippen LogP contribution in [0, 0.1) is 0 Å². The molecular weight excluding hydrogens is 472 g/mol. The fraction of sp³-hybridized carbons (Fsp3) is 0.900. The van der Waals surface area contributed by atoms with Crippen LogP contribution < -0.4 is 0 Å². The van der Waals surface area contributed by atoms with Crippen molar-refractivity contribution in [3.8, 4) is 0 Å². The molecule has 0 spiro atoms. The third-order valence-electron chi connectivity index (χ3n) is 6.66. The maximum Gasteiger partial charge on any atom is 0.306 e. The summed E-state index contributed by atoms with van der Waals surface area (Å²) in [7, 11) is 0. The molecule has 0 amide bonds. The van der Waals surface area contributed by atoms with Crippen molar-refractivity contribution in [2.45, 2.75) is 161 Å². The van der Waals surface area contributed by atoms with E-state index >= 15 is 0 Å². The molecule has 0 heterocycles. The lowest BCUT2D eigenvalue weighted by atomic mass is 10.0. The third kappa shape index (κ3) is 28.8.